The van der Waals surface area contributed by atoms with E-state index < -0.39 is 18.1 Å². The number of hydrogen-bond acceptors (Lipinski definition) is 7. The average molecular weight is 800 g/mol. The molecule has 0 amide bonds. The van der Waals surface area contributed by atoms with E-state index in [-0.39, 0.29) is 42.7 Å². The maximum atomic E-state index is 12.7. The summed E-state index contributed by atoms with van der Waals surface area (Å²) in [6.45, 7) is 4.49. The van der Waals surface area contributed by atoms with E-state index in [0.29, 0.717) is 12.8 Å². The molecule has 0 fully saturated rings. The second kappa shape index (κ2) is 39.8. The second-order valence-corrected chi connectivity index (χ2v) is 16.3. The second-order valence-electron chi connectivity index (χ2n) is 16.3. The largest absolute Gasteiger partial charge is 0.544 e. The van der Waals surface area contributed by atoms with Gasteiger partial charge in [0.2, 0.25) is 0 Å². The Bertz CT molecular complexity index is 1120. The first kappa shape index (κ1) is 54.0. The van der Waals surface area contributed by atoms with Gasteiger partial charge in [-0.3, -0.25) is 9.59 Å². The number of likely N-dealkylation sites (N-methyl/N-ethyl adjacent to an activating group) is 1. The lowest BCUT2D eigenvalue weighted by molar-refractivity contribution is -0.889. The van der Waals surface area contributed by atoms with Crippen LogP contribution in [0.25, 0.3) is 0 Å². The zero-order valence-corrected chi connectivity index (χ0v) is 37.2. The molecule has 0 rings (SSSR count). The number of hydrogen-bond donors (Lipinski definition) is 0. The van der Waals surface area contributed by atoms with Gasteiger partial charge in [0.1, 0.15) is 12.6 Å². The highest BCUT2D eigenvalue weighted by Gasteiger charge is 2.25. The summed E-state index contributed by atoms with van der Waals surface area (Å²) in [6, 6.07) is -0.732. The molecule has 0 radical (unpaired) electrons. The van der Waals surface area contributed by atoms with Crippen LogP contribution >= 0.6 is 0 Å². The van der Waals surface area contributed by atoms with E-state index in [1.165, 1.54) is 77.0 Å². The fourth-order valence-corrected chi connectivity index (χ4v) is 6.37. The van der Waals surface area contributed by atoms with Gasteiger partial charge in [-0.2, -0.15) is 0 Å². The van der Waals surface area contributed by atoms with E-state index in [2.05, 4.69) is 74.6 Å². The van der Waals surface area contributed by atoms with Crippen LogP contribution in [-0.4, -0.2) is 75.5 Å². The molecule has 328 valence electrons. The van der Waals surface area contributed by atoms with Crippen LogP contribution in [0, 0.1) is 0 Å². The van der Waals surface area contributed by atoms with Gasteiger partial charge in [0.25, 0.3) is 0 Å². The quantitative estimate of drug-likeness (QED) is 0.0200. The number of nitrogens with zero attached hydrogens (tertiary/aromatic N) is 1. The van der Waals surface area contributed by atoms with E-state index in [1.54, 1.807) is 21.1 Å². The fourth-order valence-electron chi connectivity index (χ4n) is 6.37. The molecule has 0 bridgehead atoms. The van der Waals surface area contributed by atoms with Crippen molar-refractivity contribution >= 4 is 17.9 Å². The molecule has 2 atom stereocenters. The lowest BCUT2D eigenvalue weighted by Gasteiger charge is -2.34. The van der Waals surface area contributed by atoms with Crippen LogP contribution in [0.2, 0.25) is 0 Å². The summed E-state index contributed by atoms with van der Waals surface area (Å²) in [4.78, 5) is 36.9. The summed E-state index contributed by atoms with van der Waals surface area (Å²) in [5.41, 5.74) is 0. The molecule has 0 N–H and O–H groups in total. The van der Waals surface area contributed by atoms with Gasteiger partial charge in [-0.1, -0.05) is 152 Å². The molecule has 0 aliphatic heterocycles. The van der Waals surface area contributed by atoms with Gasteiger partial charge in [-0.15, -0.1) is 0 Å². The molecular weight excluding hydrogens is 715 g/mol. The molecule has 8 heteroatoms. The number of carboxylic acid groups (broad SMARTS) is 1. The normalized spacial score (nSPS) is 13.5. The third-order valence-corrected chi connectivity index (χ3v) is 9.92. The first-order valence-corrected chi connectivity index (χ1v) is 22.8. The van der Waals surface area contributed by atoms with E-state index in [9.17, 15) is 19.5 Å². The molecule has 0 aromatic rings. The Hall–Kier alpha value is -2.97. The van der Waals surface area contributed by atoms with Gasteiger partial charge in [0.15, 0.2) is 6.10 Å². The lowest BCUT2D eigenvalue weighted by atomic mass is 10.1. The Labute approximate surface area is 349 Å². The van der Waals surface area contributed by atoms with Crippen LogP contribution in [0.3, 0.4) is 0 Å². The maximum absolute atomic E-state index is 12.7. The fraction of sp³-hybridized carbons (Fsp3) is 0.735. The highest BCUT2D eigenvalue weighted by molar-refractivity contribution is 5.70. The van der Waals surface area contributed by atoms with E-state index >= 15 is 0 Å². The highest BCUT2D eigenvalue weighted by Crippen LogP contribution is 2.14. The number of allylic oxidation sites excluding steroid dienone is 10. The SMILES string of the molecule is CC/C=C/C/C=C/C/C=C/CCCCCCC(=O)OC(COCCC(C(=O)[O-])[N+](C)(C)C)COC(=O)CCCCCCCCCCCC/C=C/C=C/CCCCC. The summed E-state index contributed by atoms with van der Waals surface area (Å²) in [6.07, 6.45) is 48.1. The van der Waals surface area contributed by atoms with Gasteiger partial charge in [0, 0.05) is 19.3 Å². The first-order chi connectivity index (χ1) is 27.6. The van der Waals surface area contributed by atoms with Crippen LogP contribution < -0.4 is 5.11 Å². The molecule has 8 nitrogen and oxygen atoms in total. The minimum absolute atomic E-state index is 0.0286. The van der Waals surface area contributed by atoms with Crippen molar-refractivity contribution in [2.24, 2.45) is 0 Å². The first-order valence-electron chi connectivity index (χ1n) is 22.8. The van der Waals surface area contributed by atoms with Crippen LogP contribution in [0.15, 0.2) is 60.8 Å². The zero-order valence-electron chi connectivity index (χ0n) is 37.2. The third-order valence-electron chi connectivity index (χ3n) is 9.92. The van der Waals surface area contributed by atoms with Gasteiger partial charge in [0.05, 0.1) is 40.3 Å². The predicted octanol–water partition coefficient (Wildman–Crippen LogP) is 11.2. The van der Waals surface area contributed by atoms with E-state index in [4.69, 9.17) is 14.2 Å². The molecule has 0 aromatic heterocycles. The van der Waals surface area contributed by atoms with Gasteiger partial charge in [-0.25, -0.2) is 0 Å². The van der Waals surface area contributed by atoms with Crippen molar-refractivity contribution in [1.82, 2.24) is 0 Å². The molecule has 0 aromatic carbocycles. The highest BCUT2D eigenvalue weighted by atomic mass is 16.6. The Kier molecular flexibility index (Phi) is 37.8. The number of quaternary nitrogens is 1. The van der Waals surface area contributed by atoms with Crippen LogP contribution in [-0.2, 0) is 28.6 Å². The smallest absolute Gasteiger partial charge is 0.306 e. The molecule has 0 heterocycles. The van der Waals surface area contributed by atoms with E-state index in [1.807, 2.05) is 0 Å². The van der Waals surface area contributed by atoms with Gasteiger partial charge < -0.3 is 28.6 Å². The number of rotatable bonds is 40. The van der Waals surface area contributed by atoms with Crippen molar-refractivity contribution in [1.29, 1.82) is 0 Å². The van der Waals surface area contributed by atoms with Crippen molar-refractivity contribution in [2.45, 2.75) is 193 Å². The Balaban J connectivity index is 4.33. The molecular formula is C49H85NO7. The Morgan fingerprint density at radius 2 is 1.04 bits per heavy atom. The maximum Gasteiger partial charge on any atom is 0.306 e. The van der Waals surface area contributed by atoms with Crippen molar-refractivity contribution in [3.63, 3.8) is 0 Å². The summed E-state index contributed by atoms with van der Waals surface area (Å²) in [7, 11) is 5.39. The van der Waals surface area contributed by atoms with Crippen molar-refractivity contribution in [2.75, 3.05) is 41.0 Å². The number of carbonyl (C=O) groups is 3. The lowest BCUT2D eigenvalue weighted by Crippen LogP contribution is -2.55. The predicted molar refractivity (Wildman–Crippen MR) is 236 cm³/mol. The molecule has 0 saturated carbocycles. The number of aliphatic carboxylic acids is 1. The molecule has 57 heavy (non-hydrogen) atoms. The number of carbonyl (C=O) groups excluding carboxylic acids is 3. The van der Waals surface area contributed by atoms with Gasteiger partial charge in [-0.05, 0) is 70.6 Å². The number of carboxylic acids is 1. The molecule has 0 spiro atoms. The average Bonchev–Trinajstić information content (AvgIpc) is 3.17. The zero-order chi connectivity index (χ0) is 42.1. The minimum atomic E-state index is -1.13. The summed E-state index contributed by atoms with van der Waals surface area (Å²) >= 11 is 0. The molecule has 0 saturated heterocycles. The number of unbranched alkanes of at least 4 members (excludes halogenated alkanes) is 17. The molecule has 0 aliphatic carbocycles. The van der Waals surface area contributed by atoms with Crippen LogP contribution in [0.4, 0.5) is 0 Å². The Morgan fingerprint density at radius 3 is 1.56 bits per heavy atom. The van der Waals surface area contributed by atoms with Crippen LogP contribution in [0.5, 0.6) is 0 Å². The van der Waals surface area contributed by atoms with Crippen molar-refractivity contribution < 1.29 is 38.2 Å². The topological polar surface area (TPSA) is 102 Å². The molecule has 2 unspecified atom stereocenters. The summed E-state index contributed by atoms with van der Waals surface area (Å²) in [5, 5.41) is 11.6. The number of esters is 2. The van der Waals surface area contributed by atoms with Crippen LogP contribution in [0.1, 0.15) is 181 Å². The molecule has 0 aliphatic rings. The standard InChI is InChI=1S/C49H85NO7/c1-6-8-10-12-14-16-18-20-22-23-24-25-26-28-29-31-33-35-37-39-47(51)56-44-45(43-55-42-41-46(49(53)54)50(3,4)5)57-48(52)40-38-36-34-32-30-27-21-19-17-15-13-11-9-7-2/h9,11,14-18,20-21,27,45-46H,6-8,10,12-13,19,22-26,28-44H2,1-5H3/b11-9+,16-14+,17-15+,20-18+,27-21+. The summed E-state index contributed by atoms with van der Waals surface area (Å²) < 4.78 is 17.2. The minimum Gasteiger partial charge on any atom is -0.544 e. The van der Waals surface area contributed by atoms with Crippen molar-refractivity contribution in [3.05, 3.63) is 60.8 Å². The van der Waals surface area contributed by atoms with Gasteiger partial charge >= 0.3 is 11.9 Å². The number of ether oxygens (including phenoxy) is 3. The Morgan fingerprint density at radius 1 is 0.561 bits per heavy atom. The van der Waals surface area contributed by atoms with E-state index in [0.717, 1.165) is 70.6 Å². The monoisotopic (exact) mass is 800 g/mol. The summed E-state index contributed by atoms with van der Waals surface area (Å²) in [5.74, 6) is -1.77. The third kappa shape index (κ3) is 38.3. The van der Waals surface area contributed by atoms with Crippen molar-refractivity contribution in [3.8, 4) is 0 Å².